The maximum atomic E-state index is 11.8. The van der Waals surface area contributed by atoms with E-state index in [1.807, 2.05) is 13.8 Å². The number of benzene rings is 1. The smallest absolute Gasteiger partial charge is 0.335 e. The highest BCUT2D eigenvalue weighted by molar-refractivity contribution is 5.96. The normalized spacial score (nSPS) is 12.2. The fourth-order valence-electron chi connectivity index (χ4n) is 1.70. The van der Waals surface area contributed by atoms with Crippen molar-refractivity contribution in [3.8, 4) is 5.75 Å². The number of anilines is 1. The van der Waals surface area contributed by atoms with Gasteiger partial charge >= 0.3 is 5.97 Å². The third-order valence-corrected chi connectivity index (χ3v) is 2.60. The van der Waals surface area contributed by atoms with Crippen LogP contribution in [0.25, 0.3) is 0 Å². The van der Waals surface area contributed by atoms with Crippen LogP contribution in [0.15, 0.2) is 18.2 Å². The maximum Gasteiger partial charge on any atom is 0.335 e. The summed E-state index contributed by atoms with van der Waals surface area (Å²) in [4.78, 5) is 22.6. The first kappa shape index (κ1) is 15.0. The molecule has 0 spiro atoms. The Morgan fingerprint density at radius 2 is 2.05 bits per heavy atom. The van der Waals surface area contributed by atoms with Crippen LogP contribution in [0, 0.1) is 5.92 Å². The summed E-state index contributed by atoms with van der Waals surface area (Å²) in [6.07, 6.45) is 0.636. The number of amides is 1. The van der Waals surface area contributed by atoms with Crippen LogP contribution in [0.3, 0.4) is 0 Å². The van der Waals surface area contributed by atoms with Crippen LogP contribution < -0.4 is 16.2 Å². The molecule has 1 rings (SSSR count). The molecule has 0 aliphatic carbocycles. The minimum atomic E-state index is -1.31. The summed E-state index contributed by atoms with van der Waals surface area (Å²) >= 11 is 0. The molecule has 0 unspecified atom stereocenters. The minimum absolute atomic E-state index is 0.288. The van der Waals surface area contributed by atoms with Crippen LogP contribution in [0.4, 0.5) is 5.69 Å². The molecule has 104 valence electrons. The molecule has 0 saturated heterocycles. The van der Waals surface area contributed by atoms with E-state index < -0.39 is 17.8 Å². The molecule has 1 atom stereocenters. The number of aromatic carboxylic acids is 1. The van der Waals surface area contributed by atoms with E-state index >= 15 is 0 Å². The number of nitrogens with one attached hydrogen (secondary N) is 1. The lowest BCUT2D eigenvalue weighted by Gasteiger charge is -2.14. The SMILES string of the molecule is CC(C)C[C@@H]([NH3+])C(=O)Nc1ccc([O-])c(C(=O)O)c1. The van der Waals surface area contributed by atoms with E-state index in [9.17, 15) is 14.7 Å². The molecule has 5 N–H and O–H groups in total. The van der Waals surface area contributed by atoms with Gasteiger partial charge in [-0.25, -0.2) is 4.79 Å². The molecule has 6 heteroatoms. The zero-order valence-corrected chi connectivity index (χ0v) is 11.0. The molecule has 0 radical (unpaired) electrons. The van der Waals surface area contributed by atoms with Gasteiger partial charge in [0.25, 0.3) is 5.91 Å². The average Bonchev–Trinajstić information content (AvgIpc) is 2.30. The first-order chi connectivity index (χ1) is 8.81. The summed E-state index contributed by atoms with van der Waals surface area (Å²) in [5, 5.41) is 22.7. The molecule has 1 aromatic carbocycles. The van der Waals surface area contributed by atoms with E-state index in [1.54, 1.807) is 0 Å². The van der Waals surface area contributed by atoms with Crippen LogP contribution >= 0.6 is 0 Å². The number of carbonyl (C=O) groups excluding carboxylic acids is 1. The molecule has 0 fully saturated rings. The lowest BCUT2D eigenvalue weighted by molar-refractivity contribution is -0.405. The van der Waals surface area contributed by atoms with Crippen LogP contribution in [0.5, 0.6) is 5.75 Å². The number of hydrogen-bond donors (Lipinski definition) is 3. The lowest BCUT2D eigenvalue weighted by Crippen LogP contribution is -2.66. The third-order valence-electron chi connectivity index (χ3n) is 2.60. The second-order valence-electron chi connectivity index (χ2n) is 4.83. The standard InChI is InChI=1S/C13H18N2O4/c1-7(2)5-10(14)12(17)15-8-3-4-11(16)9(6-8)13(18)19/h3-4,6-7,10,16H,5,14H2,1-2H3,(H,15,17)(H,18,19)/t10-/m1/s1. The Hall–Kier alpha value is -2.08. The van der Waals surface area contributed by atoms with E-state index in [0.29, 0.717) is 18.0 Å². The zero-order valence-electron chi connectivity index (χ0n) is 11.0. The molecule has 0 aliphatic heterocycles. The van der Waals surface area contributed by atoms with E-state index in [-0.39, 0.29) is 11.5 Å². The van der Waals surface area contributed by atoms with Crippen molar-refractivity contribution in [3.05, 3.63) is 23.8 Å². The zero-order chi connectivity index (χ0) is 14.6. The Labute approximate surface area is 111 Å². The van der Waals surface area contributed by atoms with Gasteiger partial charge in [-0.05, 0) is 18.1 Å². The maximum absolute atomic E-state index is 11.8. The summed E-state index contributed by atoms with van der Waals surface area (Å²) < 4.78 is 0. The van der Waals surface area contributed by atoms with Crippen molar-refractivity contribution in [1.82, 2.24) is 0 Å². The number of rotatable bonds is 5. The molecular weight excluding hydrogens is 248 g/mol. The van der Waals surface area contributed by atoms with Gasteiger partial charge in [-0.2, -0.15) is 0 Å². The number of hydrogen-bond acceptors (Lipinski definition) is 3. The van der Waals surface area contributed by atoms with E-state index in [4.69, 9.17) is 5.11 Å². The predicted octanol–water partition coefficient (Wildman–Crippen LogP) is 0.0535. The average molecular weight is 266 g/mol. The molecular formula is C13H18N2O4. The second-order valence-corrected chi connectivity index (χ2v) is 4.83. The summed E-state index contributed by atoms with van der Waals surface area (Å²) in [5.74, 6) is -1.84. The van der Waals surface area contributed by atoms with Gasteiger partial charge in [-0.3, -0.25) is 4.79 Å². The molecule has 0 aliphatic rings. The van der Waals surface area contributed by atoms with Gasteiger partial charge in [-0.1, -0.05) is 25.7 Å². The molecule has 6 nitrogen and oxygen atoms in total. The van der Waals surface area contributed by atoms with E-state index in [1.165, 1.54) is 6.07 Å². The quantitative estimate of drug-likeness (QED) is 0.698. The second kappa shape index (κ2) is 6.19. The largest absolute Gasteiger partial charge is 0.872 e. The third kappa shape index (κ3) is 4.26. The summed E-state index contributed by atoms with van der Waals surface area (Å²) in [7, 11) is 0. The number of carbonyl (C=O) groups is 2. The summed E-state index contributed by atoms with van der Waals surface area (Å²) in [6, 6.07) is 3.25. The van der Waals surface area contributed by atoms with Gasteiger partial charge in [0, 0.05) is 12.1 Å². The van der Waals surface area contributed by atoms with Gasteiger partial charge in [0.1, 0.15) is 0 Å². The topological polar surface area (TPSA) is 117 Å². The molecule has 0 bridgehead atoms. The highest BCUT2D eigenvalue weighted by Crippen LogP contribution is 2.19. The Morgan fingerprint density at radius 1 is 1.42 bits per heavy atom. The molecule has 0 heterocycles. The Morgan fingerprint density at radius 3 is 2.58 bits per heavy atom. The number of carboxylic acid groups (broad SMARTS) is 1. The molecule has 1 amide bonds. The van der Waals surface area contributed by atoms with Crippen molar-refractivity contribution in [1.29, 1.82) is 0 Å². The molecule has 1 aromatic rings. The first-order valence-corrected chi connectivity index (χ1v) is 5.99. The van der Waals surface area contributed by atoms with Crippen molar-refractivity contribution in [2.24, 2.45) is 5.92 Å². The van der Waals surface area contributed by atoms with E-state index in [0.717, 1.165) is 12.1 Å². The fraction of sp³-hybridized carbons (Fsp3) is 0.385. The Kier molecular flexibility index (Phi) is 4.88. The highest BCUT2D eigenvalue weighted by atomic mass is 16.4. The minimum Gasteiger partial charge on any atom is -0.872 e. The van der Waals surface area contributed by atoms with Crippen LogP contribution in [0.1, 0.15) is 30.6 Å². The molecule has 0 aromatic heterocycles. The monoisotopic (exact) mass is 266 g/mol. The van der Waals surface area contributed by atoms with Crippen LogP contribution in [0.2, 0.25) is 0 Å². The van der Waals surface area contributed by atoms with Gasteiger partial charge in [-0.15, -0.1) is 0 Å². The van der Waals surface area contributed by atoms with Crippen molar-refractivity contribution in [2.45, 2.75) is 26.3 Å². The first-order valence-electron chi connectivity index (χ1n) is 5.99. The highest BCUT2D eigenvalue weighted by Gasteiger charge is 2.19. The lowest BCUT2D eigenvalue weighted by atomic mass is 10.0. The predicted molar refractivity (Wildman–Crippen MR) is 67.6 cm³/mol. The van der Waals surface area contributed by atoms with Crippen molar-refractivity contribution >= 4 is 17.6 Å². The van der Waals surface area contributed by atoms with E-state index in [2.05, 4.69) is 11.1 Å². The Balaban J connectivity index is 2.80. The number of carboxylic acids is 1. The fourth-order valence-corrected chi connectivity index (χ4v) is 1.70. The molecule has 19 heavy (non-hydrogen) atoms. The van der Waals surface area contributed by atoms with Gasteiger partial charge < -0.3 is 21.3 Å². The van der Waals surface area contributed by atoms with Crippen molar-refractivity contribution < 1.29 is 25.5 Å². The van der Waals surface area contributed by atoms with Crippen LogP contribution in [-0.2, 0) is 4.79 Å². The summed E-state index contributed by atoms with van der Waals surface area (Å²) in [5.41, 5.74) is 3.69. The van der Waals surface area contributed by atoms with Crippen molar-refractivity contribution in [3.63, 3.8) is 0 Å². The summed E-state index contributed by atoms with van der Waals surface area (Å²) in [6.45, 7) is 3.97. The van der Waals surface area contributed by atoms with Gasteiger partial charge in [0.15, 0.2) is 6.04 Å². The van der Waals surface area contributed by atoms with Crippen molar-refractivity contribution in [2.75, 3.05) is 5.32 Å². The van der Waals surface area contributed by atoms with Gasteiger partial charge in [0.2, 0.25) is 0 Å². The Bertz CT molecular complexity index is 486. The van der Waals surface area contributed by atoms with Gasteiger partial charge in [0.05, 0.1) is 5.56 Å². The van der Waals surface area contributed by atoms with Crippen LogP contribution in [-0.4, -0.2) is 23.0 Å². The number of quaternary nitrogens is 1. The molecule has 0 saturated carbocycles.